The van der Waals surface area contributed by atoms with E-state index in [0.29, 0.717) is 13.5 Å². The maximum absolute atomic E-state index is 12.7. The van der Waals surface area contributed by atoms with Crippen LogP contribution in [0.1, 0.15) is 13.3 Å². The lowest BCUT2D eigenvalue weighted by molar-refractivity contribution is -0.161. The molecule has 0 saturated heterocycles. The molecule has 0 rings (SSSR count). The highest BCUT2D eigenvalue weighted by atomic mass is 32.2. The molecule has 84 valence electrons. The van der Waals surface area contributed by atoms with Crippen LogP contribution in [0.2, 0.25) is 0 Å². The second-order valence-corrected chi connectivity index (χ2v) is 4.03. The Morgan fingerprint density at radius 1 is 1.43 bits per heavy atom. The van der Waals surface area contributed by atoms with Crippen molar-refractivity contribution in [3.8, 4) is 0 Å². The summed E-state index contributed by atoms with van der Waals surface area (Å²) >= 11 is 0. The van der Waals surface area contributed by atoms with Crippen LogP contribution in [0.15, 0.2) is 0 Å². The van der Waals surface area contributed by atoms with Crippen molar-refractivity contribution >= 4 is 16.1 Å². The van der Waals surface area contributed by atoms with E-state index in [1.165, 1.54) is 0 Å². The fourth-order valence-electron chi connectivity index (χ4n) is 0.485. The van der Waals surface area contributed by atoms with Crippen molar-refractivity contribution < 1.29 is 30.9 Å². The largest absolute Gasteiger partial charge is 0.466 e. The van der Waals surface area contributed by atoms with Gasteiger partial charge in [-0.05, 0) is 6.42 Å². The summed E-state index contributed by atoms with van der Waals surface area (Å²) in [4.78, 5) is 10.6. The quantitative estimate of drug-likeness (QED) is 0.510. The Hall–Kier alpha value is -0.760. The zero-order valence-corrected chi connectivity index (χ0v) is 8.44. The van der Waals surface area contributed by atoms with Crippen LogP contribution < -0.4 is 0 Å². The third-order valence-electron chi connectivity index (χ3n) is 1.21. The van der Waals surface area contributed by atoms with E-state index >= 15 is 0 Å². The highest BCUT2D eigenvalue weighted by molar-refractivity contribution is 7.88. The smallest absolute Gasteiger partial charge is 0.460 e. The number of rotatable bonds is 5. The van der Waals surface area contributed by atoms with Crippen LogP contribution >= 0.6 is 0 Å². The van der Waals surface area contributed by atoms with E-state index < -0.39 is 21.3 Å². The Labute approximate surface area is 80.1 Å². The molecule has 0 spiro atoms. The van der Waals surface area contributed by atoms with Gasteiger partial charge in [0.25, 0.3) is 0 Å². The normalized spacial score (nSPS) is 12.6. The number of halogens is 2. The fourth-order valence-corrected chi connectivity index (χ4v) is 0.958. The lowest BCUT2D eigenvalue weighted by Gasteiger charge is -2.13. The molecular weight excluding hydrogens is 222 g/mol. The minimum atomic E-state index is -5.24. The second-order valence-electron chi connectivity index (χ2n) is 2.27. The molecule has 0 amide bonds. The summed E-state index contributed by atoms with van der Waals surface area (Å²) in [5.41, 5.74) is 0. The van der Waals surface area contributed by atoms with Crippen LogP contribution in [0, 0.1) is 0 Å². The highest BCUT2D eigenvalue weighted by Gasteiger charge is 2.55. The molecule has 0 N–H and O–H groups in total. The Bertz CT molecular complexity index is 297. The van der Waals surface area contributed by atoms with Crippen molar-refractivity contribution in [1.29, 1.82) is 0 Å². The average Bonchev–Trinajstić information content (AvgIpc) is 2.13. The molecule has 0 aromatic rings. The molecule has 0 aromatic carbocycles. The number of carbonyl (C=O) groups excluding carboxylic acids is 1. The monoisotopic (exact) mass is 232 g/mol. The molecule has 0 unspecified atom stereocenters. The van der Waals surface area contributed by atoms with Gasteiger partial charge < -0.3 is 4.74 Å². The van der Waals surface area contributed by atoms with E-state index in [2.05, 4.69) is 8.92 Å². The fraction of sp³-hybridized carbons (Fsp3) is 0.833. The number of ether oxygens (including phenoxy) is 1. The molecule has 0 aliphatic rings. The molecule has 0 heterocycles. The van der Waals surface area contributed by atoms with Gasteiger partial charge in [0.1, 0.15) is 0 Å². The SMILES string of the molecule is CCCOC(=O)C(F)(F)S(=O)(=O)OC. The summed E-state index contributed by atoms with van der Waals surface area (Å²) in [6.45, 7) is 1.31. The van der Waals surface area contributed by atoms with Crippen molar-refractivity contribution in [2.45, 2.75) is 18.6 Å². The first-order valence-electron chi connectivity index (χ1n) is 3.64. The first-order valence-corrected chi connectivity index (χ1v) is 5.05. The van der Waals surface area contributed by atoms with E-state index in [9.17, 15) is 22.0 Å². The molecule has 0 aromatic heterocycles. The van der Waals surface area contributed by atoms with E-state index in [1.54, 1.807) is 6.92 Å². The molecule has 0 bridgehead atoms. The van der Waals surface area contributed by atoms with Gasteiger partial charge in [-0.3, -0.25) is 4.18 Å². The van der Waals surface area contributed by atoms with Gasteiger partial charge in [0.2, 0.25) is 0 Å². The van der Waals surface area contributed by atoms with E-state index in [4.69, 9.17) is 0 Å². The summed E-state index contributed by atoms with van der Waals surface area (Å²) in [6.07, 6.45) is 0.314. The lowest BCUT2D eigenvalue weighted by atomic mass is 10.5. The van der Waals surface area contributed by atoms with Crippen molar-refractivity contribution in [2.24, 2.45) is 0 Å². The molecule has 0 atom stereocenters. The van der Waals surface area contributed by atoms with Gasteiger partial charge in [0.15, 0.2) is 0 Å². The highest BCUT2D eigenvalue weighted by Crippen LogP contribution is 2.24. The summed E-state index contributed by atoms with van der Waals surface area (Å²) in [5.74, 6) is -2.12. The number of hydrogen-bond acceptors (Lipinski definition) is 5. The molecule has 0 aliphatic carbocycles. The minimum Gasteiger partial charge on any atom is -0.460 e. The van der Waals surface area contributed by atoms with Crippen LogP contribution in [0.3, 0.4) is 0 Å². The first kappa shape index (κ1) is 13.2. The van der Waals surface area contributed by atoms with Crippen molar-refractivity contribution in [2.75, 3.05) is 13.7 Å². The summed E-state index contributed by atoms with van der Waals surface area (Å²) in [7, 11) is -4.70. The van der Waals surface area contributed by atoms with Crippen molar-refractivity contribution in [1.82, 2.24) is 0 Å². The predicted molar refractivity (Wildman–Crippen MR) is 42.1 cm³/mol. The van der Waals surface area contributed by atoms with Crippen LogP contribution in [0.5, 0.6) is 0 Å². The first-order chi connectivity index (χ1) is 6.29. The molecule has 5 nitrogen and oxygen atoms in total. The van der Waals surface area contributed by atoms with E-state index in [1.807, 2.05) is 0 Å². The standard InChI is InChI=1S/C6H10F2O5S/c1-3-4-13-5(9)6(7,8)14(10,11)12-2/h3-4H2,1-2H3. The molecule has 0 aliphatic heterocycles. The van der Waals surface area contributed by atoms with Gasteiger partial charge in [0, 0.05) is 0 Å². The summed E-state index contributed by atoms with van der Waals surface area (Å²) in [5, 5.41) is -4.66. The molecule has 8 heteroatoms. The number of carbonyl (C=O) groups is 1. The molecule has 0 saturated carbocycles. The molecule has 0 fully saturated rings. The second kappa shape index (κ2) is 4.65. The third-order valence-corrected chi connectivity index (χ3v) is 2.44. The molecular formula is C6H10F2O5S. The number of alkyl halides is 2. The predicted octanol–water partition coefficient (Wildman–Crippen LogP) is 0.509. The third kappa shape index (κ3) is 2.61. The Balaban J connectivity index is 4.70. The number of esters is 1. The van der Waals surface area contributed by atoms with Crippen molar-refractivity contribution in [3.63, 3.8) is 0 Å². The molecule has 0 radical (unpaired) electrons. The topological polar surface area (TPSA) is 69.7 Å². The van der Waals surface area contributed by atoms with Gasteiger partial charge in [-0.25, -0.2) is 4.79 Å². The van der Waals surface area contributed by atoms with Crippen molar-refractivity contribution in [3.05, 3.63) is 0 Å². The zero-order valence-electron chi connectivity index (χ0n) is 7.62. The van der Waals surface area contributed by atoms with Gasteiger partial charge in [0.05, 0.1) is 13.7 Å². The molecule has 14 heavy (non-hydrogen) atoms. The maximum Gasteiger partial charge on any atom is 0.466 e. The zero-order chi connectivity index (χ0) is 11.4. The van der Waals surface area contributed by atoms with E-state index in [-0.39, 0.29) is 6.61 Å². The van der Waals surface area contributed by atoms with Crippen LogP contribution in [-0.2, 0) is 23.8 Å². The summed E-state index contributed by atoms with van der Waals surface area (Å²) < 4.78 is 54.1. The Kier molecular flexibility index (Phi) is 4.40. The Morgan fingerprint density at radius 2 is 1.93 bits per heavy atom. The average molecular weight is 232 g/mol. The Morgan fingerprint density at radius 3 is 2.29 bits per heavy atom. The van der Waals surface area contributed by atoms with Gasteiger partial charge in [-0.1, -0.05) is 6.92 Å². The van der Waals surface area contributed by atoms with Gasteiger partial charge in [-0.15, -0.1) is 0 Å². The van der Waals surface area contributed by atoms with Crippen LogP contribution in [0.4, 0.5) is 8.78 Å². The van der Waals surface area contributed by atoms with Crippen LogP contribution in [-0.4, -0.2) is 33.4 Å². The minimum absolute atomic E-state index is 0.270. The van der Waals surface area contributed by atoms with Gasteiger partial charge >= 0.3 is 21.3 Å². The van der Waals surface area contributed by atoms with Gasteiger partial charge in [-0.2, -0.15) is 17.2 Å². The van der Waals surface area contributed by atoms with E-state index in [0.717, 1.165) is 0 Å². The number of hydrogen-bond donors (Lipinski definition) is 0. The summed E-state index contributed by atoms with van der Waals surface area (Å²) in [6, 6.07) is 0. The van der Waals surface area contributed by atoms with Crippen LogP contribution in [0.25, 0.3) is 0 Å². The lowest BCUT2D eigenvalue weighted by Crippen LogP contribution is -2.40. The maximum atomic E-state index is 12.7.